The van der Waals surface area contributed by atoms with E-state index in [2.05, 4.69) is 10.3 Å². The maximum atomic E-state index is 8.12. The zero-order valence-corrected chi connectivity index (χ0v) is 5.20. The fourth-order valence-corrected chi connectivity index (χ4v) is 0.686. The molecule has 1 heterocycles. The van der Waals surface area contributed by atoms with E-state index in [4.69, 9.17) is 5.26 Å². The smallest absolute Gasteiger partial charge is 0.231 e. The molecule has 0 aromatic carbocycles. The second-order valence-corrected chi connectivity index (χ2v) is 1.82. The van der Waals surface area contributed by atoms with Crippen LogP contribution in [0.5, 0.6) is 0 Å². The fraction of sp³-hybridized carbons (Fsp3) is 0.600. The molecule has 0 amide bonds. The van der Waals surface area contributed by atoms with Gasteiger partial charge in [0, 0.05) is 13.6 Å². The number of hydrogen-bond donors (Lipinski definition) is 0. The highest BCUT2D eigenvalue weighted by Gasteiger charge is 2.13. The highest BCUT2D eigenvalue weighted by atomic mass is 15.3. The zero-order chi connectivity index (χ0) is 6.69. The number of likely N-dealkylation sites (N-methyl/N-ethyl adjacent to an activating group) is 1. The minimum Gasteiger partial charge on any atom is -0.342 e. The number of guanidine groups is 1. The molecule has 4 nitrogen and oxygen atoms in total. The molecule has 1 radical (unpaired) electrons. The molecule has 0 atom stereocenters. The minimum atomic E-state index is 0.553. The van der Waals surface area contributed by atoms with Crippen molar-refractivity contribution in [1.82, 2.24) is 10.2 Å². The third kappa shape index (κ3) is 1.11. The van der Waals surface area contributed by atoms with Crippen molar-refractivity contribution in [2.24, 2.45) is 4.99 Å². The second kappa shape index (κ2) is 2.35. The molecule has 1 aliphatic heterocycles. The van der Waals surface area contributed by atoms with Gasteiger partial charge >= 0.3 is 0 Å². The minimum absolute atomic E-state index is 0.553. The third-order valence-corrected chi connectivity index (χ3v) is 1.18. The van der Waals surface area contributed by atoms with Crippen molar-refractivity contribution in [2.45, 2.75) is 0 Å². The van der Waals surface area contributed by atoms with Crippen LogP contribution in [0.15, 0.2) is 4.99 Å². The second-order valence-electron chi connectivity index (χ2n) is 1.82. The van der Waals surface area contributed by atoms with Gasteiger partial charge < -0.3 is 4.90 Å². The lowest BCUT2D eigenvalue weighted by atomic mass is 10.7. The summed E-state index contributed by atoms with van der Waals surface area (Å²) in [6.07, 6.45) is 1.69. The lowest BCUT2D eigenvalue weighted by molar-refractivity contribution is 0.563. The fourth-order valence-electron chi connectivity index (χ4n) is 0.686. The average molecular weight is 123 g/mol. The first-order chi connectivity index (χ1) is 4.34. The van der Waals surface area contributed by atoms with Gasteiger partial charge in [-0.05, 0) is 0 Å². The van der Waals surface area contributed by atoms with Crippen molar-refractivity contribution < 1.29 is 0 Å². The summed E-state index contributed by atoms with van der Waals surface area (Å²) in [6, 6.07) is 0. The Labute approximate surface area is 53.8 Å². The number of rotatable bonds is 0. The van der Waals surface area contributed by atoms with Crippen LogP contribution in [0.3, 0.4) is 0 Å². The van der Waals surface area contributed by atoms with Crippen LogP contribution in [0.2, 0.25) is 0 Å². The van der Waals surface area contributed by atoms with Crippen LogP contribution in [0, 0.1) is 11.5 Å². The quantitative estimate of drug-likeness (QED) is 0.403. The summed E-state index contributed by atoms with van der Waals surface area (Å²) < 4.78 is 0. The van der Waals surface area contributed by atoms with Crippen molar-refractivity contribution in [3.63, 3.8) is 0 Å². The normalized spacial score (nSPS) is 21.8. The van der Waals surface area contributed by atoms with E-state index in [1.165, 1.54) is 0 Å². The van der Waals surface area contributed by atoms with Crippen LogP contribution in [0.1, 0.15) is 0 Å². The Kier molecular flexibility index (Phi) is 1.54. The predicted molar refractivity (Wildman–Crippen MR) is 32.7 cm³/mol. The summed E-state index contributed by atoms with van der Waals surface area (Å²) in [6.45, 7) is 1.64. The average Bonchev–Trinajstić information content (AvgIpc) is 2.18. The van der Waals surface area contributed by atoms with E-state index in [1.807, 2.05) is 11.9 Å². The molecular weight excluding hydrogens is 116 g/mol. The molecule has 0 saturated carbocycles. The molecule has 47 valence electrons. The van der Waals surface area contributed by atoms with Gasteiger partial charge in [0.1, 0.15) is 0 Å². The van der Waals surface area contributed by atoms with Crippen molar-refractivity contribution in [1.29, 1.82) is 5.26 Å². The summed E-state index contributed by atoms with van der Waals surface area (Å²) in [4.78, 5) is 5.34. The summed E-state index contributed by atoms with van der Waals surface area (Å²) >= 11 is 0. The Balaban J connectivity index is 2.62. The van der Waals surface area contributed by atoms with Gasteiger partial charge in [0.25, 0.3) is 0 Å². The molecule has 0 aromatic heterocycles. The largest absolute Gasteiger partial charge is 0.342 e. The van der Waals surface area contributed by atoms with Crippen LogP contribution in [-0.2, 0) is 0 Å². The first kappa shape index (κ1) is 5.89. The molecule has 1 rings (SSSR count). The van der Waals surface area contributed by atoms with E-state index in [9.17, 15) is 0 Å². The van der Waals surface area contributed by atoms with Gasteiger partial charge in [0.2, 0.25) is 12.2 Å². The molecule has 1 fully saturated rings. The van der Waals surface area contributed by atoms with Gasteiger partial charge in [-0.2, -0.15) is 5.26 Å². The highest BCUT2D eigenvalue weighted by molar-refractivity contribution is 5.81. The summed E-state index contributed by atoms with van der Waals surface area (Å²) in [7, 11) is 1.87. The van der Waals surface area contributed by atoms with Crippen molar-refractivity contribution in [2.75, 3.05) is 20.1 Å². The Morgan fingerprint density at radius 3 is 3.11 bits per heavy atom. The van der Waals surface area contributed by atoms with Crippen LogP contribution in [-0.4, -0.2) is 31.0 Å². The van der Waals surface area contributed by atoms with E-state index in [0.29, 0.717) is 5.96 Å². The molecule has 1 aliphatic rings. The number of hydrogen-bond acceptors (Lipinski definition) is 2. The molecule has 0 aromatic rings. The number of nitrogens with zero attached hydrogens (tertiary/aromatic N) is 4. The van der Waals surface area contributed by atoms with Crippen LogP contribution in [0.4, 0.5) is 0 Å². The standard InChI is InChI=1S/C5H7N4/c1-9-3-2-7-5(9)8-4-6/h2-3H2,1H3. The first-order valence-corrected chi connectivity index (χ1v) is 2.70. The van der Waals surface area contributed by atoms with E-state index in [0.717, 1.165) is 13.1 Å². The topological polar surface area (TPSA) is 53.5 Å². The van der Waals surface area contributed by atoms with Crippen molar-refractivity contribution >= 4 is 5.96 Å². The van der Waals surface area contributed by atoms with Crippen molar-refractivity contribution in [3.05, 3.63) is 0 Å². The number of aliphatic imine (C=N–C) groups is 1. The molecule has 0 aliphatic carbocycles. The van der Waals surface area contributed by atoms with E-state index in [-0.39, 0.29) is 0 Å². The molecule has 0 unspecified atom stereocenters. The van der Waals surface area contributed by atoms with Crippen LogP contribution < -0.4 is 5.32 Å². The molecule has 4 heteroatoms. The molecule has 0 N–H and O–H groups in total. The van der Waals surface area contributed by atoms with E-state index in [1.54, 1.807) is 6.19 Å². The van der Waals surface area contributed by atoms with Crippen molar-refractivity contribution in [3.8, 4) is 6.19 Å². The zero-order valence-electron chi connectivity index (χ0n) is 5.20. The maximum absolute atomic E-state index is 8.12. The SMILES string of the molecule is CN1CC[N]C1=NC#N. The highest BCUT2D eigenvalue weighted by Crippen LogP contribution is 1.92. The predicted octanol–water partition coefficient (Wildman–Crippen LogP) is -0.627. The molecule has 0 spiro atoms. The lowest BCUT2D eigenvalue weighted by Crippen LogP contribution is -2.22. The van der Waals surface area contributed by atoms with E-state index >= 15 is 0 Å². The van der Waals surface area contributed by atoms with Gasteiger partial charge in [-0.3, -0.25) is 0 Å². The summed E-state index contributed by atoms with van der Waals surface area (Å²) in [5, 5.41) is 12.1. The third-order valence-electron chi connectivity index (χ3n) is 1.18. The molecule has 9 heavy (non-hydrogen) atoms. The van der Waals surface area contributed by atoms with Gasteiger partial charge in [0.05, 0.1) is 6.54 Å². The molecular formula is C5H7N4. The van der Waals surface area contributed by atoms with Gasteiger partial charge in [-0.15, -0.1) is 4.99 Å². The molecule has 0 bridgehead atoms. The Bertz CT molecular complexity index is 166. The van der Waals surface area contributed by atoms with E-state index < -0.39 is 0 Å². The van der Waals surface area contributed by atoms with Crippen LogP contribution in [0.25, 0.3) is 0 Å². The summed E-state index contributed by atoms with van der Waals surface area (Å²) in [5.41, 5.74) is 0. The maximum Gasteiger partial charge on any atom is 0.231 e. The van der Waals surface area contributed by atoms with Crippen LogP contribution >= 0.6 is 0 Å². The molecule has 1 saturated heterocycles. The lowest BCUT2D eigenvalue weighted by Gasteiger charge is -2.04. The Hall–Kier alpha value is -1.24. The van der Waals surface area contributed by atoms with Gasteiger partial charge in [0.15, 0.2) is 0 Å². The Morgan fingerprint density at radius 2 is 2.67 bits per heavy atom. The summed E-state index contributed by atoms with van der Waals surface area (Å²) in [5.74, 6) is 0.553. The first-order valence-electron chi connectivity index (χ1n) is 2.70. The monoisotopic (exact) mass is 123 g/mol. The Morgan fingerprint density at radius 1 is 1.89 bits per heavy atom. The van der Waals surface area contributed by atoms with Gasteiger partial charge in [-0.1, -0.05) is 0 Å². The van der Waals surface area contributed by atoms with Gasteiger partial charge in [-0.25, -0.2) is 5.32 Å². The number of nitriles is 1.